The molecule has 3 aliphatic rings. The molecule has 46 heavy (non-hydrogen) atoms. The molecule has 0 saturated heterocycles. The third-order valence-electron chi connectivity index (χ3n) is 11.1. The van der Waals surface area contributed by atoms with E-state index in [1.54, 1.807) is 0 Å². The van der Waals surface area contributed by atoms with Gasteiger partial charge >= 0.3 is 0 Å². The van der Waals surface area contributed by atoms with Crippen LogP contribution in [0.25, 0.3) is 53.2 Å². The van der Waals surface area contributed by atoms with Gasteiger partial charge in [-0.1, -0.05) is 134 Å². The molecule has 3 heterocycles. The number of aromatic nitrogens is 1. The zero-order valence-electron chi connectivity index (χ0n) is 25.4. The van der Waals surface area contributed by atoms with Crippen molar-refractivity contribution in [3.8, 4) is 5.69 Å². The van der Waals surface area contributed by atoms with Gasteiger partial charge in [-0.05, 0) is 63.1 Å². The van der Waals surface area contributed by atoms with Crippen molar-refractivity contribution in [3.63, 3.8) is 0 Å². The second-order valence-electron chi connectivity index (χ2n) is 13.2. The van der Waals surface area contributed by atoms with E-state index < -0.39 is 5.41 Å². The van der Waals surface area contributed by atoms with Crippen LogP contribution in [0.5, 0.6) is 0 Å². The number of hydrogen-bond acceptors (Lipinski definition) is 1. The summed E-state index contributed by atoms with van der Waals surface area (Å²) in [6.07, 6.45) is 4.92. The largest absolute Gasteiger partial charge is 0.309 e. The summed E-state index contributed by atoms with van der Waals surface area (Å²) in [4.78, 5) is 0. The molecule has 0 radical (unpaired) electrons. The smallest absolute Gasteiger partial charge is 0.0723 e. The fourth-order valence-electron chi connectivity index (χ4n) is 9.47. The van der Waals surface area contributed by atoms with E-state index >= 15 is 0 Å². The van der Waals surface area contributed by atoms with Crippen molar-refractivity contribution in [2.75, 3.05) is 0 Å². The van der Waals surface area contributed by atoms with Gasteiger partial charge in [0, 0.05) is 36.9 Å². The molecular weight excluding hydrogens is 575 g/mol. The van der Waals surface area contributed by atoms with E-state index in [1.165, 1.54) is 86.6 Å². The monoisotopic (exact) mass is 603 g/mol. The van der Waals surface area contributed by atoms with Gasteiger partial charge in [0.05, 0.1) is 22.1 Å². The van der Waals surface area contributed by atoms with Crippen molar-refractivity contribution in [1.29, 1.82) is 0 Å². The topological polar surface area (TPSA) is 4.93 Å². The van der Waals surface area contributed by atoms with E-state index in [0.717, 1.165) is 0 Å². The summed E-state index contributed by atoms with van der Waals surface area (Å²) in [6.45, 7) is 2.43. The van der Waals surface area contributed by atoms with E-state index in [9.17, 15) is 0 Å². The average Bonchev–Trinajstić information content (AvgIpc) is 3.75. The summed E-state index contributed by atoms with van der Waals surface area (Å²) in [5.41, 5.74) is 13.4. The third-order valence-corrected chi connectivity index (χ3v) is 12.4. The lowest BCUT2D eigenvalue weighted by Gasteiger charge is -2.45. The lowest BCUT2D eigenvalue weighted by molar-refractivity contribution is 0.549. The van der Waals surface area contributed by atoms with Crippen molar-refractivity contribution in [1.82, 2.24) is 4.57 Å². The van der Waals surface area contributed by atoms with E-state index in [2.05, 4.69) is 157 Å². The summed E-state index contributed by atoms with van der Waals surface area (Å²) >= 11 is 1.96. The van der Waals surface area contributed by atoms with Crippen LogP contribution in [0, 0.1) is 5.92 Å². The summed E-state index contributed by atoms with van der Waals surface area (Å²) < 4.78 is 5.33. The molecule has 216 valence electrons. The lowest BCUT2D eigenvalue weighted by Crippen LogP contribution is -2.38. The Morgan fingerprint density at radius 1 is 0.609 bits per heavy atom. The van der Waals surface area contributed by atoms with Crippen molar-refractivity contribution in [3.05, 3.63) is 179 Å². The Bertz CT molecular complexity index is 2680. The van der Waals surface area contributed by atoms with E-state index in [0.29, 0.717) is 5.92 Å². The zero-order valence-corrected chi connectivity index (χ0v) is 26.2. The second kappa shape index (κ2) is 8.75. The Labute approximate surface area is 271 Å². The highest BCUT2D eigenvalue weighted by atomic mass is 32.1. The molecule has 0 fully saturated rings. The van der Waals surface area contributed by atoms with Gasteiger partial charge in [-0.2, -0.15) is 0 Å². The van der Waals surface area contributed by atoms with Gasteiger partial charge in [-0.25, -0.2) is 0 Å². The van der Waals surface area contributed by atoms with Crippen molar-refractivity contribution < 1.29 is 0 Å². The molecule has 1 spiro atoms. The maximum Gasteiger partial charge on any atom is 0.0723 e. The first-order valence-corrected chi connectivity index (χ1v) is 17.1. The molecule has 1 nitrogen and oxygen atoms in total. The van der Waals surface area contributed by atoms with Crippen LogP contribution in [0.3, 0.4) is 0 Å². The fourth-order valence-corrected chi connectivity index (χ4v) is 10.7. The minimum Gasteiger partial charge on any atom is -0.309 e. The number of para-hydroxylation sites is 3. The number of allylic oxidation sites excluding steroid dienone is 4. The predicted octanol–water partition coefficient (Wildman–Crippen LogP) is 11.6. The van der Waals surface area contributed by atoms with Crippen LogP contribution in [0.4, 0.5) is 0 Å². The number of nitrogens with zero attached hydrogens (tertiary/aromatic N) is 1. The maximum absolute atomic E-state index is 2.55. The first kappa shape index (κ1) is 25.1. The molecule has 0 amide bonds. The Balaban J connectivity index is 1.33. The number of benzene rings is 6. The zero-order chi connectivity index (χ0) is 30.1. The summed E-state index contributed by atoms with van der Waals surface area (Å²) in [5, 5.41) is 5.38. The Morgan fingerprint density at radius 3 is 2.24 bits per heavy atom. The Kier molecular flexibility index (Phi) is 4.77. The van der Waals surface area contributed by atoms with E-state index in [1.807, 2.05) is 11.3 Å². The summed E-state index contributed by atoms with van der Waals surface area (Å²) in [7, 11) is 0. The first-order valence-electron chi connectivity index (χ1n) is 16.3. The standard InChI is InChI=1S/C44H29NS/c1-26-24-25-30-27-12-2-5-18-34(27)44(41(30)40(26)33-17-10-16-32-29-14-4-9-23-39(29)46-43(32)33)35-19-6-8-22-38(35)45-37-21-7-3-13-28(37)31-15-11-20-36(44)42(31)45/h2-26,40H,1H3. The van der Waals surface area contributed by atoms with E-state index in [4.69, 9.17) is 0 Å². The Hall–Kier alpha value is -5.18. The van der Waals surface area contributed by atoms with Crippen LogP contribution >= 0.6 is 11.3 Å². The van der Waals surface area contributed by atoms with Gasteiger partial charge in [0.15, 0.2) is 0 Å². The van der Waals surface area contributed by atoms with Gasteiger partial charge in [0.1, 0.15) is 0 Å². The molecule has 0 N–H and O–H groups in total. The predicted molar refractivity (Wildman–Crippen MR) is 194 cm³/mol. The van der Waals surface area contributed by atoms with Crippen molar-refractivity contribution >= 4 is 58.9 Å². The lowest BCUT2D eigenvalue weighted by atomic mass is 9.59. The van der Waals surface area contributed by atoms with Gasteiger partial charge in [-0.15, -0.1) is 11.3 Å². The molecule has 2 aliphatic carbocycles. The van der Waals surface area contributed by atoms with Crippen LogP contribution in [-0.4, -0.2) is 4.57 Å². The first-order chi connectivity index (χ1) is 22.8. The van der Waals surface area contributed by atoms with Gasteiger partial charge in [0.2, 0.25) is 0 Å². The minimum atomic E-state index is -0.422. The van der Waals surface area contributed by atoms with Gasteiger partial charge in [0.25, 0.3) is 0 Å². The van der Waals surface area contributed by atoms with Crippen molar-refractivity contribution in [2.45, 2.75) is 18.3 Å². The van der Waals surface area contributed by atoms with Crippen LogP contribution in [-0.2, 0) is 5.41 Å². The van der Waals surface area contributed by atoms with E-state index in [-0.39, 0.29) is 5.92 Å². The maximum atomic E-state index is 2.55. The quantitative estimate of drug-likeness (QED) is 0.176. The molecule has 0 bridgehead atoms. The third kappa shape index (κ3) is 2.84. The SMILES string of the molecule is CC1C=CC2=C(C1c1cccc3c1sc1ccccc13)C1(c3ccccc32)c2ccccc2-n2c3ccccc3c3cccc1c32. The van der Waals surface area contributed by atoms with Gasteiger partial charge in [-0.3, -0.25) is 0 Å². The average molecular weight is 604 g/mol. The molecule has 3 atom stereocenters. The summed E-state index contributed by atoms with van der Waals surface area (Å²) in [5.74, 6) is 0.545. The van der Waals surface area contributed by atoms with Crippen LogP contribution in [0.2, 0.25) is 0 Å². The molecule has 3 unspecified atom stereocenters. The second-order valence-corrected chi connectivity index (χ2v) is 14.3. The molecule has 6 aromatic carbocycles. The highest BCUT2D eigenvalue weighted by molar-refractivity contribution is 7.26. The molecule has 8 aromatic rings. The van der Waals surface area contributed by atoms with Crippen molar-refractivity contribution in [2.24, 2.45) is 5.92 Å². The Morgan fingerprint density at radius 2 is 1.30 bits per heavy atom. The fraction of sp³-hybridized carbons (Fsp3) is 0.0909. The van der Waals surface area contributed by atoms with Crippen LogP contribution < -0.4 is 0 Å². The number of rotatable bonds is 1. The minimum absolute atomic E-state index is 0.211. The molecule has 11 rings (SSSR count). The number of thiophene rings is 1. The highest BCUT2D eigenvalue weighted by Gasteiger charge is 2.55. The number of fused-ring (bicyclic) bond motifs is 14. The molecule has 1 aliphatic heterocycles. The summed E-state index contributed by atoms with van der Waals surface area (Å²) in [6, 6.07) is 50.5. The molecule has 0 saturated carbocycles. The molecular formula is C44H29NS. The normalized spacial score (nSPS) is 21.1. The van der Waals surface area contributed by atoms with Gasteiger partial charge < -0.3 is 4.57 Å². The molecule has 2 aromatic heterocycles. The highest BCUT2D eigenvalue weighted by Crippen LogP contribution is 2.65. The molecule has 2 heteroatoms. The van der Waals surface area contributed by atoms with Crippen LogP contribution in [0.15, 0.2) is 151 Å². The number of hydrogen-bond donors (Lipinski definition) is 0. The van der Waals surface area contributed by atoms with Crippen LogP contribution in [0.1, 0.15) is 40.7 Å².